The third-order valence-electron chi connectivity index (χ3n) is 5.92. The van der Waals surface area contributed by atoms with Crippen molar-refractivity contribution in [2.75, 3.05) is 13.7 Å². The molecule has 1 unspecified atom stereocenters. The lowest BCUT2D eigenvalue weighted by molar-refractivity contribution is -0.140. The molecule has 1 aliphatic rings. The second kappa shape index (κ2) is 8.77. The maximum atomic E-state index is 13.5. The number of fused-ring (bicyclic) bond motifs is 3. The number of methoxy groups -OCH3 is 1. The first kappa shape index (κ1) is 23.0. The number of halogens is 3. The van der Waals surface area contributed by atoms with Crippen molar-refractivity contribution in [1.29, 1.82) is 0 Å². The molecule has 0 amide bonds. The number of alkyl halides is 3. The van der Waals surface area contributed by atoms with Gasteiger partial charge < -0.3 is 9.47 Å². The molecule has 182 valence electrons. The molecule has 0 N–H and O–H groups in total. The van der Waals surface area contributed by atoms with E-state index in [1.54, 1.807) is 12.1 Å². The number of aromatic nitrogens is 5. The SMILES string of the molecule is COC(=O)c1ncccc1-c1cnc2c3c(cnn3C3CCCCO3)c(=O)n(CC(F)(F)F)c2c1. The van der Waals surface area contributed by atoms with Crippen LogP contribution in [0.15, 0.2) is 41.6 Å². The Kier molecular flexibility index (Phi) is 5.75. The second-order valence-electron chi connectivity index (χ2n) is 8.16. The van der Waals surface area contributed by atoms with Gasteiger partial charge in [0.25, 0.3) is 5.56 Å². The average Bonchev–Trinajstić information content (AvgIpc) is 3.31. The molecule has 0 aliphatic carbocycles. The Labute approximate surface area is 196 Å². The van der Waals surface area contributed by atoms with E-state index in [0.717, 1.165) is 12.8 Å². The molecule has 4 aromatic rings. The molecule has 0 bridgehead atoms. The Hall–Kier alpha value is -3.80. The summed E-state index contributed by atoms with van der Waals surface area (Å²) in [5, 5.41) is 4.30. The first-order valence-corrected chi connectivity index (χ1v) is 10.9. The molecule has 0 aromatic carbocycles. The number of ether oxygens (including phenoxy) is 2. The van der Waals surface area contributed by atoms with Gasteiger partial charge in [0.15, 0.2) is 11.9 Å². The fourth-order valence-electron chi connectivity index (χ4n) is 4.37. The van der Waals surface area contributed by atoms with Crippen LogP contribution in [0.1, 0.15) is 36.0 Å². The minimum atomic E-state index is -4.66. The van der Waals surface area contributed by atoms with Crippen molar-refractivity contribution in [3.8, 4) is 11.1 Å². The van der Waals surface area contributed by atoms with E-state index in [1.165, 1.54) is 36.4 Å². The predicted molar refractivity (Wildman–Crippen MR) is 119 cm³/mol. The van der Waals surface area contributed by atoms with Crippen molar-refractivity contribution in [1.82, 2.24) is 24.3 Å². The van der Waals surface area contributed by atoms with Crippen LogP contribution in [0.25, 0.3) is 33.1 Å². The lowest BCUT2D eigenvalue weighted by Gasteiger charge is -2.24. The van der Waals surface area contributed by atoms with Crippen molar-refractivity contribution in [3.63, 3.8) is 0 Å². The second-order valence-corrected chi connectivity index (χ2v) is 8.16. The number of carbonyl (C=O) groups is 1. The van der Waals surface area contributed by atoms with E-state index >= 15 is 0 Å². The highest BCUT2D eigenvalue weighted by atomic mass is 19.4. The van der Waals surface area contributed by atoms with Crippen molar-refractivity contribution >= 4 is 27.9 Å². The Morgan fingerprint density at radius 2 is 2.09 bits per heavy atom. The van der Waals surface area contributed by atoms with Gasteiger partial charge >= 0.3 is 12.1 Å². The van der Waals surface area contributed by atoms with Gasteiger partial charge in [-0.1, -0.05) is 6.07 Å². The van der Waals surface area contributed by atoms with E-state index in [9.17, 15) is 22.8 Å². The van der Waals surface area contributed by atoms with E-state index in [4.69, 9.17) is 9.47 Å². The van der Waals surface area contributed by atoms with E-state index in [-0.39, 0.29) is 22.1 Å². The monoisotopic (exact) mass is 487 g/mol. The molecule has 0 spiro atoms. The van der Waals surface area contributed by atoms with Gasteiger partial charge in [-0.3, -0.25) is 14.3 Å². The normalized spacial score (nSPS) is 16.6. The summed E-state index contributed by atoms with van der Waals surface area (Å²) in [6.45, 7) is -0.991. The topological polar surface area (TPSA) is 101 Å². The Balaban J connectivity index is 1.80. The molecule has 12 heteroatoms. The molecule has 9 nitrogen and oxygen atoms in total. The number of hydrogen-bond acceptors (Lipinski definition) is 7. The fraction of sp³-hybridized carbons (Fsp3) is 0.348. The van der Waals surface area contributed by atoms with Crippen LogP contribution in [-0.4, -0.2) is 50.2 Å². The summed E-state index contributed by atoms with van der Waals surface area (Å²) in [6.07, 6.45) is 1.41. The van der Waals surface area contributed by atoms with Gasteiger partial charge in [0.2, 0.25) is 0 Å². The number of carbonyl (C=O) groups excluding carboxylic acids is 1. The maximum absolute atomic E-state index is 13.5. The van der Waals surface area contributed by atoms with Crippen molar-refractivity contribution in [2.45, 2.75) is 38.2 Å². The van der Waals surface area contributed by atoms with Gasteiger partial charge in [-0.25, -0.2) is 14.5 Å². The Morgan fingerprint density at radius 1 is 1.26 bits per heavy atom. The van der Waals surface area contributed by atoms with E-state index in [1.807, 2.05) is 0 Å². The first-order valence-electron chi connectivity index (χ1n) is 10.9. The quantitative estimate of drug-likeness (QED) is 0.403. The van der Waals surface area contributed by atoms with Crippen LogP contribution in [-0.2, 0) is 16.0 Å². The minimum Gasteiger partial charge on any atom is -0.464 e. The highest BCUT2D eigenvalue weighted by Crippen LogP contribution is 2.32. The van der Waals surface area contributed by atoms with Gasteiger partial charge in [0.1, 0.15) is 17.6 Å². The van der Waals surface area contributed by atoms with Crippen LogP contribution in [0.3, 0.4) is 0 Å². The molecule has 1 saturated heterocycles. The molecule has 5 rings (SSSR count). The summed E-state index contributed by atoms with van der Waals surface area (Å²) in [5.74, 6) is -0.712. The number of rotatable bonds is 4. The Bertz CT molecular complexity index is 1490. The van der Waals surface area contributed by atoms with Crippen molar-refractivity contribution < 1.29 is 27.4 Å². The molecule has 1 fully saturated rings. The van der Waals surface area contributed by atoms with E-state index < -0.39 is 30.5 Å². The number of nitrogens with zero attached hydrogens (tertiary/aromatic N) is 5. The van der Waals surface area contributed by atoms with Crippen LogP contribution in [0, 0.1) is 0 Å². The number of hydrogen-bond donors (Lipinski definition) is 0. The zero-order valence-corrected chi connectivity index (χ0v) is 18.6. The molecule has 5 heterocycles. The molecular weight excluding hydrogens is 467 g/mol. The Morgan fingerprint density at radius 3 is 2.80 bits per heavy atom. The summed E-state index contributed by atoms with van der Waals surface area (Å²) < 4.78 is 53.2. The van der Waals surface area contributed by atoms with Gasteiger partial charge in [-0.2, -0.15) is 18.3 Å². The van der Waals surface area contributed by atoms with Crippen LogP contribution in [0.5, 0.6) is 0 Å². The summed E-state index contributed by atoms with van der Waals surface area (Å²) in [6, 6.07) is 4.55. The highest BCUT2D eigenvalue weighted by Gasteiger charge is 2.31. The highest BCUT2D eigenvalue weighted by molar-refractivity contribution is 6.03. The average molecular weight is 487 g/mol. The first-order chi connectivity index (χ1) is 16.8. The largest absolute Gasteiger partial charge is 0.464 e. The third kappa shape index (κ3) is 4.14. The van der Waals surface area contributed by atoms with Gasteiger partial charge in [-0.05, 0) is 31.4 Å². The van der Waals surface area contributed by atoms with Gasteiger partial charge in [-0.15, -0.1) is 0 Å². The molecule has 1 aliphatic heterocycles. The lowest BCUT2D eigenvalue weighted by atomic mass is 10.0. The molecule has 0 radical (unpaired) electrons. The number of esters is 1. The molecule has 35 heavy (non-hydrogen) atoms. The summed E-state index contributed by atoms with van der Waals surface area (Å²) >= 11 is 0. The lowest BCUT2D eigenvalue weighted by Crippen LogP contribution is -2.29. The smallest absolute Gasteiger partial charge is 0.406 e. The molecule has 0 saturated carbocycles. The maximum Gasteiger partial charge on any atom is 0.406 e. The van der Waals surface area contributed by atoms with Crippen LogP contribution in [0.2, 0.25) is 0 Å². The summed E-state index contributed by atoms with van der Waals surface area (Å²) in [7, 11) is 1.20. The van der Waals surface area contributed by atoms with Gasteiger partial charge in [0, 0.05) is 30.1 Å². The van der Waals surface area contributed by atoms with Crippen molar-refractivity contribution in [3.05, 3.63) is 52.8 Å². The zero-order chi connectivity index (χ0) is 24.7. The minimum absolute atomic E-state index is 0.0211. The van der Waals surface area contributed by atoms with Gasteiger partial charge in [0.05, 0.1) is 24.2 Å². The van der Waals surface area contributed by atoms with E-state index in [2.05, 4.69) is 15.1 Å². The zero-order valence-electron chi connectivity index (χ0n) is 18.6. The van der Waals surface area contributed by atoms with Crippen LogP contribution in [0.4, 0.5) is 13.2 Å². The summed E-state index contributed by atoms with van der Waals surface area (Å²) in [5.41, 5.74) is 0.177. The van der Waals surface area contributed by atoms with E-state index in [0.29, 0.717) is 34.2 Å². The number of pyridine rings is 3. The predicted octanol–water partition coefficient (Wildman–Crippen LogP) is 3.86. The molecule has 4 aromatic heterocycles. The third-order valence-corrected chi connectivity index (χ3v) is 5.92. The van der Waals surface area contributed by atoms with Crippen molar-refractivity contribution in [2.24, 2.45) is 0 Å². The van der Waals surface area contributed by atoms with Crippen LogP contribution < -0.4 is 5.56 Å². The fourth-order valence-corrected chi connectivity index (χ4v) is 4.37. The standard InChI is InChI=1S/C23H20F3N5O4/c1-34-22(33)18-14(5-4-7-27-18)13-9-16-19(28-10-13)20-15(21(32)30(16)12-23(24,25)26)11-29-31(20)17-6-2-3-8-35-17/h4-5,7,9-11,17H,2-3,6,8,12H2,1H3. The summed E-state index contributed by atoms with van der Waals surface area (Å²) in [4.78, 5) is 33.9. The van der Waals surface area contributed by atoms with Crippen LogP contribution >= 0.6 is 0 Å². The molecular formula is C23H20F3N5O4. The molecule has 1 atom stereocenters.